The number of fused-ring (bicyclic) bond motifs is 1. The van der Waals surface area contributed by atoms with Crippen molar-refractivity contribution in [3.8, 4) is 17.1 Å². The lowest BCUT2D eigenvalue weighted by molar-refractivity contribution is 0.0736. The number of nitrogens with zero attached hydrogens (tertiary/aromatic N) is 5. The van der Waals surface area contributed by atoms with Gasteiger partial charge in [0.25, 0.3) is 16.9 Å². The Morgan fingerprint density at radius 3 is 2.55 bits per heavy atom. The van der Waals surface area contributed by atoms with Gasteiger partial charge in [-0.2, -0.15) is 4.68 Å². The maximum Gasteiger partial charge on any atom is 0.271 e. The lowest BCUT2D eigenvalue weighted by Gasteiger charge is -2.27. The maximum atomic E-state index is 14.1. The molecule has 1 amide bonds. The highest BCUT2D eigenvalue weighted by Crippen LogP contribution is 2.27. The molecule has 0 spiro atoms. The third-order valence-electron chi connectivity index (χ3n) is 5.58. The zero-order valence-electron chi connectivity index (χ0n) is 17.9. The summed E-state index contributed by atoms with van der Waals surface area (Å²) in [5.74, 6) is -0.192. The number of carbonyl (C=O) groups excluding carboxylic acids is 1. The van der Waals surface area contributed by atoms with Crippen LogP contribution in [0.1, 0.15) is 10.4 Å². The molecule has 4 aromatic rings. The Morgan fingerprint density at radius 1 is 1.12 bits per heavy atom. The van der Waals surface area contributed by atoms with Gasteiger partial charge in [0.05, 0.1) is 10.9 Å². The molecular formula is C23H21FN6O2S. The molecule has 1 aliphatic rings. The predicted octanol–water partition coefficient (Wildman–Crippen LogP) is 2.40. The normalized spacial score (nSPS) is 15.1. The maximum absolute atomic E-state index is 14.1. The molecule has 2 aromatic carbocycles. The van der Waals surface area contributed by atoms with Crippen molar-refractivity contribution in [1.82, 2.24) is 30.0 Å². The van der Waals surface area contributed by atoms with E-state index in [1.54, 1.807) is 47.6 Å². The van der Waals surface area contributed by atoms with Crippen LogP contribution in [0.3, 0.4) is 0 Å². The molecule has 3 heterocycles. The molecule has 8 nitrogen and oxygen atoms in total. The number of benzene rings is 2. The molecule has 0 aliphatic carbocycles. The van der Waals surface area contributed by atoms with E-state index in [4.69, 9.17) is 0 Å². The van der Waals surface area contributed by atoms with Crippen LogP contribution in [0.25, 0.3) is 28.0 Å². The average Bonchev–Trinajstić information content (AvgIpc) is 3.24. The first-order chi connectivity index (χ1) is 16.0. The van der Waals surface area contributed by atoms with Gasteiger partial charge in [-0.3, -0.25) is 4.79 Å². The van der Waals surface area contributed by atoms with E-state index in [-0.39, 0.29) is 17.7 Å². The van der Waals surface area contributed by atoms with Gasteiger partial charge in [0.1, 0.15) is 12.1 Å². The fourth-order valence-electron chi connectivity index (χ4n) is 3.90. The van der Waals surface area contributed by atoms with Crippen LogP contribution >= 0.6 is 0 Å². The minimum absolute atomic E-state index is 0.0684. The van der Waals surface area contributed by atoms with Crippen molar-refractivity contribution in [2.75, 3.05) is 32.4 Å². The van der Waals surface area contributed by atoms with Gasteiger partial charge >= 0.3 is 0 Å². The molecule has 33 heavy (non-hydrogen) atoms. The van der Waals surface area contributed by atoms with E-state index in [2.05, 4.69) is 20.4 Å². The standard InChI is InChI=1S/C23H21FN6O2S/c1-33(32)21-18-7-6-15(22(31)29-10-8-25-9-11-29)12-20(18)30(28-21)23-26-13-16(14-27-23)17-4-2-3-5-19(17)24/h2-7,12-14,25H,8-11H2,1H3. The number of halogens is 1. The molecule has 2 aromatic heterocycles. The Bertz CT molecular complexity index is 1320. The zero-order chi connectivity index (χ0) is 22.9. The van der Waals surface area contributed by atoms with Crippen LogP contribution in [0.15, 0.2) is 59.9 Å². The molecular weight excluding hydrogens is 443 g/mol. The minimum Gasteiger partial charge on any atom is -0.610 e. The summed E-state index contributed by atoms with van der Waals surface area (Å²) in [7, 11) is 0. The molecule has 1 aliphatic heterocycles. The van der Waals surface area contributed by atoms with Crippen molar-refractivity contribution < 1.29 is 13.7 Å². The lowest BCUT2D eigenvalue weighted by Crippen LogP contribution is -2.46. The Morgan fingerprint density at radius 2 is 1.85 bits per heavy atom. The van der Waals surface area contributed by atoms with Crippen LogP contribution in [0.2, 0.25) is 0 Å². The van der Waals surface area contributed by atoms with Crippen LogP contribution < -0.4 is 5.32 Å². The SMILES string of the molecule is C[S+]([O-])c1nn(-c2ncc(-c3ccccc3F)cn2)c2cc(C(=O)N3CCNCC3)ccc12. The smallest absolute Gasteiger partial charge is 0.271 e. The van der Waals surface area contributed by atoms with Gasteiger partial charge in [-0.25, -0.2) is 14.4 Å². The molecule has 0 radical (unpaired) electrons. The molecule has 1 N–H and O–H groups in total. The summed E-state index contributed by atoms with van der Waals surface area (Å²) in [4.78, 5) is 23.6. The first-order valence-corrected chi connectivity index (χ1v) is 12.0. The van der Waals surface area contributed by atoms with Crippen molar-refractivity contribution in [3.63, 3.8) is 0 Å². The van der Waals surface area contributed by atoms with Crippen LogP contribution in [-0.2, 0) is 11.2 Å². The van der Waals surface area contributed by atoms with E-state index in [1.807, 2.05) is 0 Å². The largest absolute Gasteiger partial charge is 0.610 e. The van der Waals surface area contributed by atoms with Crippen LogP contribution in [0.4, 0.5) is 4.39 Å². The van der Waals surface area contributed by atoms with Gasteiger partial charge in [-0.1, -0.05) is 18.2 Å². The average molecular weight is 465 g/mol. The Labute approximate surface area is 192 Å². The Balaban J connectivity index is 1.56. The Hall–Kier alpha value is -3.34. The highest BCUT2D eigenvalue weighted by molar-refractivity contribution is 7.90. The second-order valence-corrected chi connectivity index (χ2v) is 8.99. The summed E-state index contributed by atoms with van der Waals surface area (Å²) in [5, 5.41) is 8.75. The van der Waals surface area contributed by atoms with E-state index in [0.29, 0.717) is 45.7 Å². The number of carbonyl (C=O) groups is 1. The highest BCUT2D eigenvalue weighted by Gasteiger charge is 2.24. The summed E-state index contributed by atoms with van der Waals surface area (Å²) in [6.07, 6.45) is 4.59. The second kappa shape index (κ2) is 8.89. The second-order valence-electron chi connectivity index (χ2n) is 7.70. The van der Waals surface area contributed by atoms with Gasteiger partial charge in [-0.15, -0.1) is 5.10 Å². The molecule has 168 valence electrons. The highest BCUT2D eigenvalue weighted by atomic mass is 32.2. The van der Waals surface area contributed by atoms with E-state index in [0.717, 1.165) is 13.1 Å². The van der Waals surface area contributed by atoms with Crippen molar-refractivity contribution >= 4 is 28.0 Å². The number of rotatable bonds is 4. The molecule has 1 fully saturated rings. The summed E-state index contributed by atoms with van der Waals surface area (Å²) in [6.45, 7) is 2.79. The third kappa shape index (κ3) is 4.08. The van der Waals surface area contributed by atoms with Crippen LogP contribution in [0.5, 0.6) is 0 Å². The molecule has 0 bridgehead atoms. The summed E-state index contributed by atoms with van der Waals surface area (Å²) in [5.41, 5.74) is 2.03. The molecule has 1 saturated heterocycles. The molecule has 1 unspecified atom stereocenters. The summed E-state index contributed by atoms with van der Waals surface area (Å²) >= 11 is -1.36. The van der Waals surface area contributed by atoms with E-state index in [1.165, 1.54) is 23.1 Å². The first kappa shape index (κ1) is 21.5. The molecule has 10 heteroatoms. The van der Waals surface area contributed by atoms with Crippen molar-refractivity contribution in [1.29, 1.82) is 0 Å². The van der Waals surface area contributed by atoms with Crippen molar-refractivity contribution in [3.05, 3.63) is 66.2 Å². The quantitative estimate of drug-likeness (QED) is 0.466. The Kier molecular flexibility index (Phi) is 5.79. The van der Waals surface area contributed by atoms with Crippen LogP contribution in [0, 0.1) is 5.82 Å². The summed E-state index contributed by atoms with van der Waals surface area (Å²) in [6, 6.07) is 11.6. The number of amides is 1. The number of aromatic nitrogens is 4. The predicted molar refractivity (Wildman–Crippen MR) is 123 cm³/mol. The van der Waals surface area contributed by atoms with Crippen molar-refractivity contribution in [2.24, 2.45) is 0 Å². The third-order valence-corrected chi connectivity index (χ3v) is 6.43. The van der Waals surface area contributed by atoms with Gasteiger partial charge in [0.15, 0.2) is 0 Å². The first-order valence-electron chi connectivity index (χ1n) is 10.5. The van der Waals surface area contributed by atoms with Crippen LogP contribution in [-0.4, -0.2) is 67.5 Å². The van der Waals surface area contributed by atoms with Gasteiger partial charge in [-0.05, 0) is 24.3 Å². The number of nitrogens with one attached hydrogen (secondary N) is 1. The van der Waals surface area contributed by atoms with Gasteiger partial charge in [0.2, 0.25) is 0 Å². The fraction of sp³-hybridized carbons (Fsp3) is 0.217. The van der Waals surface area contributed by atoms with E-state index >= 15 is 0 Å². The van der Waals surface area contributed by atoms with Gasteiger partial charge < -0.3 is 14.8 Å². The number of hydrogen-bond donors (Lipinski definition) is 1. The zero-order valence-corrected chi connectivity index (χ0v) is 18.7. The van der Waals surface area contributed by atoms with Gasteiger partial charge in [0, 0.05) is 66.4 Å². The summed E-state index contributed by atoms with van der Waals surface area (Å²) < 4.78 is 27.9. The molecule has 0 saturated carbocycles. The monoisotopic (exact) mass is 464 g/mol. The minimum atomic E-state index is -1.36. The van der Waals surface area contributed by atoms with E-state index < -0.39 is 11.2 Å². The fourth-order valence-corrected chi connectivity index (χ4v) is 4.58. The number of hydrogen-bond acceptors (Lipinski definition) is 6. The molecule has 1 atom stereocenters. The topological polar surface area (TPSA) is 99.0 Å². The molecule has 5 rings (SSSR count). The lowest BCUT2D eigenvalue weighted by atomic mass is 10.1. The van der Waals surface area contributed by atoms with E-state index in [9.17, 15) is 13.7 Å². The number of piperazine rings is 1. The van der Waals surface area contributed by atoms with Crippen molar-refractivity contribution in [2.45, 2.75) is 5.03 Å².